The summed E-state index contributed by atoms with van der Waals surface area (Å²) in [7, 11) is 1.02. The summed E-state index contributed by atoms with van der Waals surface area (Å²) < 4.78 is 82.1. The normalized spacial score (nSPS) is 12.2. The first kappa shape index (κ1) is 19.0. The number of aromatic nitrogens is 1. The van der Waals surface area contributed by atoms with Crippen molar-refractivity contribution in [3.8, 4) is 11.3 Å². The number of nitrogens with zero attached hydrogens (tertiary/aromatic N) is 1. The van der Waals surface area contributed by atoms with Crippen LogP contribution >= 0.6 is 11.6 Å². The quantitative estimate of drug-likeness (QED) is 0.527. The lowest BCUT2D eigenvalue weighted by Crippen LogP contribution is -2.13. The average Bonchev–Trinajstić information content (AvgIpc) is 2.52. The third kappa shape index (κ3) is 4.04. The van der Waals surface area contributed by atoms with E-state index in [9.17, 15) is 31.1 Å². The van der Waals surface area contributed by atoms with Crippen LogP contribution in [0.5, 0.6) is 0 Å². The Hall–Kier alpha value is -2.29. The first-order valence-corrected chi connectivity index (χ1v) is 6.86. The lowest BCUT2D eigenvalue weighted by Gasteiger charge is -2.16. The SMILES string of the molecule is COC(=O)c1nc(-c2ccc(C(F)(F)F)cc2C(F)(F)F)ccc1Cl. The van der Waals surface area contributed by atoms with Gasteiger partial charge in [-0.25, -0.2) is 9.78 Å². The number of methoxy groups -OCH3 is 1. The monoisotopic (exact) mass is 383 g/mol. The topological polar surface area (TPSA) is 39.2 Å². The summed E-state index contributed by atoms with van der Waals surface area (Å²) in [5, 5.41) is -0.170. The van der Waals surface area contributed by atoms with Crippen LogP contribution in [-0.2, 0) is 17.1 Å². The van der Waals surface area contributed by atoms with Crippen LogP contribution in [0.25, 0.3) is 11.3 Å². The van der Waals surface area contributed by atoms with Crippen molar-refractivity contribution in [3.63, 3.8) is 0 Å². The molecular formula is C15H8ClF6NO2. The number of halogens is 7. The van der Waals surface area contributed by atoms with Crippen LogP contribution in [0.3, 0.4) is 0 Å². The van der Waals surface area contributed by atoms with Crippen LogP contribution in [-0.4, -0.2) is 18.1 Å². The molecule has 0 saturated carbocycles. The Morgan fingerprint density at radius 2 is 1.68 bits per heavy atom. The van der Waals surface area contributed by atoms with E-state index >= 15 is 0 Å². The maximum atomic E-state index is 13.2. The van der Waals surface area contributed by atoms with Gasteiger partial charge in [-0.3, -0.25) is 0 Å². The van der Waals surface area contributed by atoms with Crippen molar-refractivity contribution in [3.05, 3.63) is 52.2 Å². The van der Waals surface area contributed by atoms with Crippen LogP contribution < -0.4 is 0 Å². The van der Waals surface area contributed by atoms with Gasteiger partial charge in [0.1, 0.15) is 0 Å². The van der Waals surface area contributed by atoms with E-state index in [-0.39, 0.29) is 16.8 Å². The molecule has 1 aromatic heterocycles. The maximum absolute atomic E-state index is 13.2. The molecule has 1 aromatic carbocycles. The fourth-order valence-electron chi connectivity index (χ4n) is 2.01. The standard InChI is InChI=1S/C15H8ClF6NO2/c1-25-13(24)12-10(16)4-5-11(23-12)8-3-2-7(14(17,18)19)6-9(8)15(20,21)22/h2-6H,1H3. The number of hydrogen-bond donors (Lipinski definition) is 0. The third-order valence-electron chi connectivity index (χ3n) is 3.15. The Bertz CT molecular complexity index is 817. The molecule has 2 rings (SSSR count). The second-order valence-corrected chi connectivity index (χ2v) is 5.18. The first-order valence-electron chi connectivity index (χ1n) is 6.49. The van der Waals surface area contributed by atoms with Crippen LogP contribution in [0.2, 0.25) is 5.02 Å². The van der Waals surface area contributed by atoms with Crippen LogP contribution in [0.15, 0.2) is 30.3 Å². The molecule has 0 saturated heterocycles. The molecule has 10 heteroatoms. The molecule has 0 radical (unpaired) electrons. The maximum Gasteiger partial charge on any atom is 0.417 e. The van der Waals surface area contributed by atoms with Gasteiger partial charge >= 0.3 is 18.3 Å². The molecular weight excluding hydrogens is 376 g/mol. The average molecular weight is 384 g/mol. The van der Waals surface area contributed by atoms with Crippen molar-refractivity contribution >= 4 is 17.6 Å². The van der Waals surface area contributed by atoms with Crippen LogP contribution in [0, 0.1) is 0 Å². The summed E-state index contributed by atoms with van der Waals surface area (Å²) in [5.74, 6) is -0.993. The number of ether oxygens (including phenoxy) is 1. The lowest BCUT2D eigenvalue weighted by molar-refractivity contribution is -0.142. The highest BCUT2D eigenvalue weighted by molar-refractivity contribution is 6.33. The number of esters is 1. The second-order valence-electron chi connectivity index (χ2n) is 4.77. The number of carbonyl (C=O) groups is 1. The van der Waals surface area contributed by atoms with Crippen molar-refractivity contribution in [1.29, 1.82) is 0 Å². The molecule has 0 fully saturated rings. The van der Waals surface area contributed by atoms with Gasteiger partial charge in [0, 0.05) is 5.56 Å². The summed E-state index contributed by atoms with van der Waals surface area (Å²) in [4.78, 5) is 15.2. The molecule has 134 valence electrons. The molecule has 0 aliphatic rings. The second kappa shape index (κ2) is 6.55. The van der Waals surface area contributed by atoms with E-state index in [0.29, 0.717) is 12.1 Å². The zero-order valence-electron chi connectivity index (χ0n) is 12.3. The van der Waals surface area contributed by atoms with Crippen molar-refractivity contribution < 1.29 is 35.9 Å². The third-order valence-corrected chi connectivity index (χ3v) is 3.46. The predicted molar refractivity (Wildman–Crippen MR) is 76.0 cm³/mol. The smallest absolute Gasteiger partial charge is 0.417 e. The summed E-state index contributed by atoms with van der Waals surface area (Å²) in [5.41, 5.74) is -4.43. The number of benzene rings is 1. The van der Waals surface area contributed by atoms with Gasteiger partial charge in [-0.05, 0) is 24.3 Å². The van der Waals surface area contributed by atoms with E-state index in [1.165, 1.54) is 0 Å². The van der Waals surface area contributed by atoms with Crippen molar-refractivity contribution in [2.45, 2.75) is 12.4 Å². The molecule has 1 heterocycles. The summed E-state index contributed by atoms with van der Waals surface area (Å²) >= 11 is 5.74. The van der Waals surface area contributed by atoms with Gasteiger partial charge in [0.15, 0.2) is 5.69 Å². The molecule has 0 spiro atoms. The molecule has 0 amide bonds. The van der Waals surface area contributed by atoms with Gasteiger partial charge in [0.2, 0.25) is 0 Å². The highest BCUT2D eigenvalue weighted by Gasteiger charge is 2.38. The Balaban J connectivity index is 2.69. The minimum Gasteiger partial charge on any atom is -0.464 e. The largest absolute Gasteiger partial charge is 0.464 e. The van der Waals surface area contributed by atoms with E-state index in [4.69, 9.17) is 11.6 Å². The number of alkyl halides is 6. The summed E-state index contributed by atoms with van der Waals surface area (Å²) in [6.45, 7) is 0. The van der Waals surface area contributed by atoms with E-state index < -0.39 is 40.7 Å². The Labute approximate surface area is 142 Å². The summed E-state index contributed by atoms with van der Waals surface area (Å²) in [6.07, 6.45) is -10.0. The zero-order chi connectivity index (χ0) is 19.0. The minimum atomic E-state index is -5.07. The molecule has 25 heavy (non-hydrogen) atoms. The number of rotatable bonds is 2. The zero-order valence-corrected chi connectivity index (χ0v) is 13.1. The van der Waals surface area contributed by atoms with Gasteiger partial charge in [-0.2, -0.15) is 26.3 Å². The molecule has 0 aliphatic heterocycles. The van der Waals surface area contributed by atoms with Gasteiger partial charge in [-0.15, -0.1) is 0 Å². The molecule has 0 N–H and O–H groups in total. The van der Waals surface area contributed by atoms with Crippen LogP contribution in [0.4, 0.5) is 26.3 Å². The molecule has 0 unspecified atom stereocenters. The first-order chi connectivity index (χ1) is 11.4. The number of pyridine rings is 1. The fourth-order valence-corrected chi connectivity index (χ4v) is 2.19. The molecule has 0 bridgehead atoms. The van der Waals surface area contributed by atoms with E-state index in [1.807, 2.05) is 0 Å². The van der Waals surface area contributed by atoms with Crippen molar-refractivity contribution in [1.82, 2.24) is 4.98 Å². The predicted octanol–water partition coefficient (Wildman–Crippen LogP) is 5.23. The molecule has 0 aliphatic carbocycles. The van der Waals surface area contributed by atoms with Crippen molar-refractivity contribution in [2.24, 2.45) is 0 Å². The van der Waals surface area contributed by atoms with E-state index in [0.717, 1.165) is 19.2 Å². The van der Waals surface area contributed by atoms with Gasteiger partial charge in [0.25, 0.3) is 0 Å². The van der Waals surface area contributed by atoms with Gasteiger partial charge in [0.05, 0.1) is 29.0 Å². The highest BCUT2D eigenvalue weighted by Crippen LogP contribution is 2.40. The van der Waals surface area contributed by atoms with Crippen LogP contribution in [0.1, 0.15) is 21.6 Å². The lowest BCUT2D eigenvalue weighted by atomic mass is 10.00. The Kier molecular flexibility index (Phi) is 4.99. The van der Waals surface area contributed by atoms with Crippen molar-refractivity contribution in [2.75, 3.05) is 7.11 Å². The fraction of sp³-hybridized carbons (Fsp3) is 0.200. The molecule has 0 atom stereocenters. The van der Waals surface area contributed by atoms with Gasteiger partial charge in [-0.1, -0.05) is 17.7 Å². The molecule has 3 nitrogen and oxygen atoms in total. The summed E-state index contributed by atoms with van der Waals surface area (Å²) in [6, 6.07) is 3.30. The Morgan fingerprint density at radius 3 is 2.20 bits per heavy atom. The van der Waals surface area contributed by atoms with E-state index in [1.54, 1.807) is 0 Å². The Morgan fingerprint density at radius 1 is 1.04 bits per heavy atom. The van der Waals surface area contributed by atoms with Gasteiger partial charge < -0.3 is 4.74 Å². The highest BCUT2D eigenvalue weighted by atomic mass is 35.5. The minimum absolute atomic E-state index is 0.0105. The number of hydrogen-bond acceptors (Lipinski definition) is 3. The van der Waals surface area contributed by atoms with E-state index in [2.05, 4.69) is 9.72 Å². The number of carbonyl (C=O) groups excluding carboxylic acids is 1. The molecule has 2 aromatic rings.